The molecule has 4 unspecified atom stereocenters. The molecule has 6 aliphatic carbocycles. The van der Waals surface area contributed by atoms with Crippen LogP contribution in [0.5, 0.6) is 0 Å². The summed E-state index contributed by atoms with van der Waals surface area (Å²) in [5.74, 6) is 1.85. The monoisotopic (exact) mass is 413 g/mol. The first-order chi connectivity index (χ1) is 14.3. The van der Waals surface area contributed by atoms with Crippen molar-refractivity contribution in [3.63, 3.8) is 0 Å². The molecule has 164 valence electrons. The molecule has 7 bridgehead atoms. The predicted octanol–water partition coefficient (Wildman–Crippen LogP) is 3.12. The summed E-state index contributed by atoms with van der Waals surface area (Å²) in [4.78, 5) is 16.4. The Balaban J connectivity index is 1.42. The molecule has 2 aliphatic heterocycles. The fraction of sp³-hybridized carbons (Fsp3) is 0.880. The van der Waals surface area contributed by atoms with Crippen LogP contribution < -0.4 is 0 Å². The van der Waals surface area contributed by atoms with Gasteiger partial charge >= 0.3 is 0 Å². The first kappa shape index (κ1) is 18.6. The van der Waals surface area contributed by atoms with Crippen molar-refractivity contribution in [3.8, 4) is 0 Å². The summed E-state index contributed by atoms with van der Waals surface area (Å²) in [6.45, 7) is 7.67. The Morgan fingerprint density at radius 1 is 1.20 bits per heavy atom. The highest BCUT2D eigenvalue weighted by Gasteiger charge is 2.84. The van der Waals surface area contributed by atoms with E-state index in [0.29, 0.717) is 42.2 Å². The molecular formula is C25H35NO4. The Labute approximate surface area is 179 Å². The largest absolute Gasteiger partial charge is 0.392 e. The minimum Gasteiger partial charge on any atom is -0.392 e. The van der Waals surface area contributed by atoms with Gasteiger partial charge in [0.15, 0.2) is 5.79 Å². The molecule has 9 atom stereocenters. The zero-order valence-corrected chi connectivity index (χ0v) is 18.5. The third kappa shape index (κ3) is 1.70. The van der Waals surface area contributed by atoms with Gasteiger partial charge in [0.25, 0.3) is 0 Å². The Morgan fingerprint density at radius 3 is 2.80 bits per heavy atom. The number of aliphatic hydroxyl groups is 1. The Kier molecular flexibility index (Phi) is 3.32. The van der Waals surface area contributed by atoms with Gasteiger partial charge in [-0.2, -0.15) is 0 Å². The lowest BCUT2D eigenvalue weighted by Gasteiger charge is -2.67. The quantitative estimate of drug-likeness (QED) is 0.707. The van der Waals surface area contributed by atoms with Crippen molar-refractivity contribution < 1.29 is 19.4 Å². The zero-order chi connectivity index (χ0) is 20.7. The summed E-state index contributed by atoms with van der Waals surface area (Å²) in [7, 11) is 0. The second-order valence-corrected chi connectivity index (χ2v) is 11.9. The van der Waals surface area contributed by atoms with Crippen LogP contribution >= 0.6 is 0 Å². The lowest BCUT2D eigenvalue weighted by atomic mass is 9.41. The highest BCUT2D eigenvalue weighted by Crippen LogP contribution is 2.83. The number of nitrogens with zero attached hydrogens (tertiary/aromatic N) is 1. The van der Waals surface area contributed by atoms with Crippen molar-refractivity contribution in [2.45, 2.75) is 77.2 Å². The molecule has 4 saturated carbocycles. The van der Waals surface area contributed by atoms with Gasteiger partial charge < -0.3 is 19.5 Å². The summed E-state index contributed by atoms with van der Waals surface area (Å²) in [6, 6.07) is 0.375. The van der Waals surface area contributed by atoms with E-state index in [-0.39, 0.29) is 23.5 Å². The molecule has 5 heteroatoms. The molecule has 0 radical (unpaired) electrons. The lowest BCUT2D eigenvalue weighted by Crippen LogP contribution is -2.74. The maximum absolute atomic E-state index is 14.2. The topological polar surface area (TPSA) is 59.0 Å². The standard InChI is InChI=1S/C25H35NO4/c1-4-26-20-16-10-18-24(20,17-9-14-5-7-23(16,17)11-15(14)12-27)8-6-19-25(18,21(26)28)13-29-22(2,3)30-19/h11,14,16-20,27H,4-10,12-13H2,1-3H3/t14-,16?,17?,18?,19+,20+,23-,24?,25-/m0/s1. The van der Waals surface area contributed by atoms with E-state index in [9.17, 15) is 9.90 Å². The second kappa shape index (κ2) is 5.35. The maximum Gasteiger partial charge on any atom is 0.234 e. The van der Waals surface area contributed by atoms with Gasteiger partial charge in [-0.15, -0.1) is 0 Å². The van der Waals surface area contributed by atoms with Crippen LogP contribution in [0.3, 0.4) is 0 Å². The maximum atomic E-state index is 14.2. The Hall–Kier alpha value is -0.910. The number of aliphatic hydroxyl groups excluding tert-OH is 1. The molecule has 2 heterocycles. The van der Waals surface area contributed by atoms with Crippen molar-refractivity contribution in [2.24, 2.45) is 39.9 Å². The predicted molar refractivity (Wildman–Crippen MR) is 110 cm³/mol. The smallest absolute Gasteiger partial charge is 0.234 e. The van der Waals surface area contributed by atoms with Gasteiger partial charge in [0, 0.05) is 12.6 Å². The van der Waals surface area contributed by atoms with E-state index in [1.54, 1.807) is 0 Å². The Bertz CT molecular complexity index is 867. The molecule has 8 aliphatic rings. The second-order valence-electron chi connectivity index (χ2n) is 11.9. The number of hydrogen-bond acceptors (Lipinski definition) is 4. The first-order valence-corrected chi connectivity index (χ1v) is 12.3. The van der Waals surface area contributed by atoms with Gasteiger partial charge in [-0.3, -0.25) is 4.79 Å². The summed E-state index contributed by atoms with van der Waals surface area (Å²) in [5.41, 5.74) is 1.22. The van der Waals surface area contributed by atoms with Crippen LogP contribution in [-0.4, -0.2) is 53.6 Å². The van der Waals surface area contributed by atoms with Crippen LogP contribution in [0.4, 0.5) is 0 Å². The van der Waals surface area contributed by atoms with Crippen molar-refractivity contribution in [1.29, 1.82) is 0 Å². The molecule has 8 rings (SSSR count). The summed E-state index contributed by atoms with van der Waals surface area (Å²) in [6.07, 6.45) is 9.51. The highest BCUT2D eigenvalue weighted by atomic mass is 16.7. The van der Waals surface area contributed by atoms with Gasteiger partial charge in [0.1, 0.15) is 5.41 Å². The van der Waals surface area contributed by atoms with Gasteiger partial charge in [-0.25, -0.2) is 0 Å². The van der Waals surface area contributed by atoms with E-state index in [1.165, 1.54) is 31.3 Å². The first-order valence-electron chi connectivity index (χ1n) is 12.3. The number of carbonyl (C=O) groups is 1. The molecule has 0 aromatic heterocycles. The third-order valence-electron chi connectivity index (χ3n) is 11.1. The van der Waals surface area contributed by atoms with Crippen molar-refractivity contribution in [1.82, 2.24) is 4.90 Å². The molecular weight excluding hydrogens is 378 g/mol. The van der Waals surface area contributed by atoms with E-state index in [1.807, 2.05) is 13.8 Å². The average molecular weight is 414 g/mol. The van der Waals surface area contributed by atoms with E-state index >= 15 is 0 Å². The summed E-state index contributed by atoms with van der Waals surface area (Å²) >= 11 is 0. The molecule has 3 spiro atoms. The molecule has 1 N–H and O–H groups in total. The van der Waals surface area contributed by atoms with E-state index in [4.69, 9.17) is 9.47 Å². The van der Waals surface area contributed by atoms with Crippen molar-refractivity contribution in [3.05, 3.63) is 11.6 Å². The van der Waals surface area contributed by atoms with Crippen LogP contribution in [0, 0.1) is 39.9 Å². The molecule has 5 nitrogen and oxygen atoms in total. The van der Waals surface area contributed by atoms with Crippen LogP contribution in [-0.2, 0) is 14.3 Å². The molecule has 0 aromatic carbocycles. The van der Waals surface area contributed by atoms with Crippen molar-refractivity contribution in [2.75, 3.05) is 19.8 Å². The SMILES string of the molecule is CCN1C(=O)[C@]23COC(C)(C)O[C@@H]2CCC24C5C[C@@H]6CC[C@]5(C=C6CO)C(CC23)[C@@H]14. The minimum atomic E-state index is -0.601. The van der Waals surface area contributed by atoms with Crippen LogP contribution in [0.2, 0.25) is 0 Å². The molecule has 0 aromatic rings. The van der Waals surface area contributed by atoms with Gasteiger partial charge in [0.2, 0.25) is 5.91 Å². The van der Waals surface area contributed by atoms with Gasteiger partial charge in [0.05, 0.1) is 19.3 Å². The average Bonchev–Trinajstić information content (AvgIpc) is 3.16. The number of hydrogen-bond donors (Lipinski definition) is 1. The number of fused-ring (bicyclic) bond motifs is 1. The molecule has 6 fully saturated rings. The number of allylic oxidation sites excluding steroid dienone is 1. The van der Waals surface area contributed by atoms with Crippen molar-refractivity contribution >= 4 is 5.91 Å². The van der Waals surface area contributed by atoms with E-state index in [0.717, 1.165) is 19.4 Å². The molecule has 2 saturated heterocycles. The van der Waals surface area contributed by atoms with Crippen LogP contribution in [0.15, 0.2) is 11.6 Å². The lowest BCUT2D eigenvalue weighted by molar-refractivity contribution is -0.347. The molecule has 1 amide bonds. The fourth-order valence-corrected chi connectivity index (χ4v) is 10.4. The zero-order valence-electron chi connectivity index (χ0n) is 18.5. The van der Waals surface area contributed by atoms with E-state index in [2.05, 4.69) is 17.9 Å². The van der Waals surface area contributed by atoms with Gasteiger partial charge in [-0.05, 0) is 99.4 Å². The number of rotatable bonds is 2. The Morgan fingerprint density at radius 2 is 2.03 bits per heavy atom. The minimum absolute atomic E-state index is 0.0148. The highest BCUT2D eigenvalue weighted by molar-refractivity contribution is 5.87. The van der Waals surface area contributed by atoms with E-state index < -0.39 is 11.2 Å². The number of piperidine rings is 1. The summed E-state index contributed by atoms with van der Waals surface area (Å²) in [5, 5.41) is 10.0. The van der Waals surface area contributed by atoms with Gasteiger partial charge in [-0.1, -0.05) is 6.08 Å². The number of likely N-dealkylation sites (tertiary alicyclic amines) is 1. The number of carbonyl (C=O) groups excluding carboxylic acids is 1. The van der Waals surface area contributed by atoms with Crippen LogP contribution in [0.1, 0.15) is 59.3 Å². The fourth-order valence-electron chi connectivity index (χ4n) is 10.4. The molecule has 30 heavy (non-hydrogen) atoms. The summed E-state index contributed by atoms with van der Waals surface area (Å²) < 4.78 is 12.7. The third-order valence-corrected chi connectivity index (χ3v) is 11.1. The van der Waals surface area contributed by atoms with Crippen LogP contribution in [0.25, 0.3) is 0 Å². The number of amides is 1. The normalized spacial score (nSPS) is 56.6. The number of ether oxygens (including phenoxy) is 2.